The molecule has 29 N–H and O–H groups in total. The first-order valence-corrected chi connectivity index (χ1v) is 46.7. The number of aliphatic carboxylic acids is 1. The molecule has 48 nitrogen and oxygen atoms in total. The number of aromatic amines is 1. The molecule has 48 heteroatoms. The summed E-state index contributed by atoms with van der Waals surface area (Å²) in [6.45, 7) is 17.8. The predicted octanol–water partition coefficient (Wildman–Crippen LogP) is -6.12. The number of nitrogens with zero attached hydrogens (tertiary/aromatic N) is 3. The van der Waals surface area contributed by atoms with Crippen molar-refractivity contribution in [3.8, 4) is 0 Å². The van der Waals surface area contributed by atoms with E-state index in [2.05, 4.69) is 90.1 Å². The number of aliphatic hydroxyl groups is 3. The highest BCUT2D eigenvalue weighted by Crippen LogP contribution is 2.26. The molecule has 1 aromatic carbocycles. The summed E-state index contributed by atoms with van der Waals surface area (Å²) >= 11 is 0. The topological polar surface area (TPSA) is 749 Å². The third-order valence-corrected chi connectivity index (χ3v) is 23.5. The second-order valence-electron chi connectivity index (χ2n) is 36.8. The van der Waals surface area contributed by atoms with Crippen LogP contribution in [0.1, 0.15) is 192 Å². The molecule has 3 aliphatic rings. The Hall–Kier alpha value is -12.7. The van der Waals surface area contributed by atoms with Crippen LogP contribution >= 0.6 is 0 Å². The van der Waals surface area contributed by atoms with E-state index >= 15 is 0 Å². The number of likely N-dealkylation sites (tertiary alicyclic amines) is 3. The number of carboxylic acids is 1. The number of ketones is 1. The number of H-pyrrole nitrogens is 1. The highest BCUT2D eigenvalue weighted by atomic mass is 16.4. The van der Waals surface area contributed by atoms with E-state index in [1.54, 1.807) is 82.4 Å². The first-order chi connectivity index (χ1) is 64.5. The number of rotatable bonds is 56. The third-order valence-electron chi connectivity index (χ3n) is 23.5. The van der Waals surface area contributed by atoms with Crippen LogP contribution in [0.4, 0.5) is 0 Å². The van der Waals surface area contributed by atoms with Crippen molar-refractivity contribution >= 4 is 135 Å². The Labute approximate surface area is 796 Å². The SMILES string of the molecule is CCCC(=O)[C@H](CO)NC(=O)[C@@H]1CCCN1C(=O)[C@@H](NC(=O)[C@H](C)NC(=O)[C@@H](NC(=O)[C@H](CCCNC(=N)N)NC(=O)[C@@H](NC(=O)CNC(=O)[C@H](CO)NC(=O)[C@@H]1CCCN1C(=O)[C@H](CC(C)C)NC(=O)[C@@H]1CCCN1C(=O)CNC(=O)[C@H](CC(=O)O)NC(=O)[C@H](CC(C)C)NC(=O)[C@H](CCCNC(=N)N)NC(=O)[C@@H](NC(=O)[C@@H](N)Cc1c[nH]c2ccccc12)[C@@H](C)O)C(C)C)C(C)C)C(C)C. The molecule has 4 heterocycles. The Balaban J connectivity index is 1.18. The van der Waals surface area contributed by atoms with Crippen LogP contribution in [0.2, 0.25) is 0 Å². The van der Waals surface area contributed by atoms with Gasteiger partial charge in [-0.05, 0) is 145 Å². The molecule has 0 radical (unpaired) electrons. The minimum Gasteiger partial charge on any atom is -0.481 e. The number of fused-ring (bicyclic) bond motifs is 1. The van der Waals surface area contributed by atoms with Crippen molar-refractivity contribution in [3.63, 3.8) is 0 Å². The van der Waals surface area contributed by atoms with Crippen LogP contribution in [-0.2, 0) is 97.5 Å². The lowest BCUT2D eigenvalue weighted by molar-refractivity contribution is -0.144. The summed E-state index contributed by atoms with van der Waals surface area (Å²) in [5.41, 5.74) is 18.8. The molecule has 0 spiro atoms. The zero-order chi connectivity index (χ0) is 103. The highest BCUT2D eigenvalue weighted by Gasteiger charge is 2.45. The van der Waals surface area contributed by atoms with Crippen molar-refractivity contribution in [1.29, 1.82) is 10.8 Å². The van der Waals surface area contributed by atoms with Crippen LogP contribution in [0.5, 0.6) is 0 Å². The van der Waals surface area contributed by atoms with E-state index in [-0.39, 0.29) is 134 Å². The second-order valence-corrected chi connectivity index (χ2v) is 36.8. The highest BCUT2D eigenvalue weighted by molar-refractivity contribution is 6.02. The number of aromatic nitrogens is 1. The normalized spacial score (nSPS) is 17.8. The smallest absolute Gasteiger partial charge is 0.305 e. The number of carbonyl (C=O) groups is 19. The van der Waals surface area contributed by atoms with Crippen molar-refractivity contribution < 1.29 is 112 Å². The van der Waals surface area contributed by atoms with Gasteiger partial charge < -0.3 is 142 Å². The van der Waals surface area contributed by atoms with Gasteiger partial charge in [-0.25, -0.2) is 0 Å². The standard InChI is InChI=1S/C89H145N25O23/c1-14-22-65(118)60(42-115)106-81(131)64-29-21-34-114(64)87(137)71(48(10)11)110-73(123)49(12)100-83(133)70(47(8)9)109-78(128)56(26-18-31-96-89(93)94)101-84(134)69(46(6)7)108-66(119)40-98-76(126)61(43-116)107-82(132)63-28-20-33-113(63)86(136)59(36-45(4)5)105-80(130)62-27-19-32-112(62)67(120)41-99-75(125)58(38-68(121)122)104-79(129)57(35-44(2)3)103-77(127)55(25-17-30-95-88(91)92)102-85(135)72(50(13)117)111-74(124)53(90)37-51-39-97-54-24-16-15-23-52(51)54/h15-16,23-24,39,44-50,53,55-64,69-72,97,115-117H,14,17-22,25-38,40-43,90H2,1-13H3,(H,98,126)(H,99,125)(H,100,133)(H,101,134)(H,102,135)(H,103,127)(H,104,129)(H,105,130)(H,106,131)(H,107,132)(H,108,119)(H,109,128)(H,110,123)(H,111,124)(H,121,122)(H4,91,92,95)(H4,93,94,96)/t49-,50+,53-,55-,56-,57-,58-,59-,60-,61-,62-,63-,64-,69-,70-,71-,72-/m0/s1. The van der Waals surface area contributed by atoms with Gasteiger partial charge in [0.1, 0.15) is 90.6 Å². The van der Waals surface area contributed by atoms with Crippen LogP contribution in [0.3, 0.4) is 0 Å². The van der Waals surface area contributed by atoms with Crippen molar-refractivity contribution in [2.75, 3.05) is 59.0 Å². The quantitative estimate of drug-likeness (QED) is 0.0166. The zero-order valence-electron chi connectivity index (χ0n) is 80.4. The summed E-state index contributed by atoms with van der Waals surface area (Å²) < 4.78 is 0. The van der Waals surface area contributed by atoms with Gasteiger partial charge in [-0.15, -0.1) is 0 Å². The maximum absolute atomic E-state index is 14.7. The van der Waals surface area contributed by atoms with E-state index in [0.29, 0.717) is 18.4 Å². The number of hydrogen-bond acceptors (Lipinski definition) is 25. The van der Waals surface area contributed by atoms with Crippen LogP contribution in [0, 0.1) is 40.4 Å². The number of guanidine groups is 2. The van der Waals surface area contributed by atoms with Gasteiger partial charge in [0.05, 0.1) is 44.9 Å². The van der Waals surface area contributed by atoms with Gasteiger partial charge in [0, 0.05) is 56.2 Å². The van der Waals surface area contributed by atoms with Gasteiger partial charge in [0.15, 0.2) is 17.7 Å². The van der Waals surface area contributed by atoms with Gasteiger partial charge in [-0.3, -0.25) is 102 Å². The molecule has 17 atom stereocenters. The summed E-state index contributed by atoms with van der Waals surface area (Å²) in [6, 6.07) is -14.8. The first kappa shape index (κ1) is 115. The second kappa shape index (κ2) is 56.1. The predicted molar refractivity (Wildman–Crippen MR) is 499 cm³/mol. The van der Waals surface area contributed by atoms with E-state index in [9.17, 15) is 112 Å². The van der Waals surface area contributed by atoms with E-state index in [0.717, 1.165) is 15.8 Å². The number of hydrogen-bond donors (Lipinski definition) is 26. The molecule has 2 aromatic rings. The van der Waals surface area contributed by atoms with E-state index in [1.807, 2.05) is 24.3 Å². The van der Waals surface area contributed by atoms with Crippen molar-refractivity contribution in [3.05, 3.63) is 36.0 Å². The Kier molecular flexibility index (Phi) is 47.0. The zero-order valence-corrected chi connectivity index (χ0v) is 80.4. The first-order valence-electron chi connectivity index (χ1n) is 46.7. The molecule has 0 aliphatic carbocycles. The fourth-order valence-electron chi connectivity index (χ4n) is 16.1. The maximum atomic E-state index is 14.7. The molecule has 0 bridgehead atoms. The van der Waals surface area contributed by atoms with Crippen LogP contribution in [0.25, 0.3) is 10.9 Å². The van der Waals surface area contributed by atoms with Crippen LogP contribution < -0.4 is 102 Å². The lowest BCUT2D eigenvalue weighted by atomic mass is 10.00. The fraction of sp³-hybridized carbons (Fsp3) is 0.674. The molecule has 3 saturated heterocycles. The number of benzene rings is 1. The molecule has 17 amide bonds. The summed E-state index contributed by atoms with van der Waals surface area (Å²) in [5.74, 6) is -20.2. The summed E-state index contributed by atoms with van der Waals surface area (Å²) in [5, 5.41) is 97.6. The molecular weight excluding hydrogens is 1790 g/mol. The van der Waals surface area contributed by atoms with Crippen molar-refractivity contribution in [2.45, 2.75) is 296 Å². The lowest BCUT2D eigenvalue weighted by Crippen LogP contribution is -2.61. The largest absolute Gasteiger partial charge is 0.481 e. The minimum absolute atomic E-state index is 0.00630. The summed E-state index contributed by atoms with van der Waals surface area (Å²) in [4.78, 5) is 270. The Morgan fingerprint density at radius 3 is 1.40 bits per heavy atom. The molecule has 5 rings (SSSR count). The number of Topliss-reactive ketones (excluding diaryl/α,β-unsaturated/α-hetero) is 1. The van der Waals surface area contributed by atoms with Crippen molar-refractivity contribution in [2.24, 2.45) is 46.8 Å². The van der Waals surface area contributed by atoms with Crippen LogP contribution in [0.15, 0.2) is 30.5 Å². The number of nitrogens with one attached hydrogen (secondary N) is 19. The van der Waals surface area contributed by atoms with E-state index in [1.165, 1.54) is 23.6 Å². The molecule has 3 fully saturated rings. The number of para-hydroxylation sites is 1. The average molecular weight is 1930 g/mol. The van der Waals surface area contributed by atoms with Gasteiger partial charge in [-0.2, -0.15) is 0 Å². The molecule has 137 heavy (non-hydrogen) atoms. The lowest BCUT2D eigenvalue weighted by Gasteiger charge is -2.32. The number of carboxylic acid groups (broad SMARTS) is 1. The van der Waals surface area contributed by atoms with E-state index < -0.39 is 272 Å². The van der Waals surface area contributed by atoms with Gasteiger partial charge >= 0.3 is 5.97 Å². The van der Waals surface area contributed by atoms with Gasteiger partial charge in [0.2, 0.25) is 100 Å². The average Bonchev–Trinajstić information content (AvgIpc) is 1.71. The molecule has 3 aliphatic heterocycles. The van der Waals surface area contributed by atoms with Crippen molar-refractivity contribution in [1.82, 2.24) is 105 Å². The van der Waals surface area contributed by atoms with Crippen LogP contribution in [-0.4, -0.2) is 326 Å². The van der Waals surface area contributed by atoms with Gasteiger partial charge in [0.25, 0.3) is 0 Å². The summed E-state index contributed by atoms with van der Waals surface area (Å²) in [6.07, 6.45) is 0.875. The van der Waals surface area contributed by atoms with Gasteiger partial charge in [-0.1, -0.05) is 94.4 Å². The molecular formula is C89H145N25O23. The molecule has 764 valence electrons. The fourth-order valence-corrected chi connectivity index (χ4v) is 16.1. The molecule has 1 aromatic heterocycles. The third kappa shape index (κ3) is 36.0. The number of nitrogens with two attached hydrogens (primary N) is 3. The number of carbonyl (C=O) groups excluding carboxylic acids is 18. The Bertz CT molecular complexity index is 4560. The Morgan fingerprint density at radius 2 is 0.891 bits per heavy atom. The number of aliphatic hydroxyl groups excluding tert-OH is 3. The summed E-state index contributed by atoms with van der Waals surface area (Å²) in [7, 11) is 0. The minimum atomic E-state index is -1.88. The monoisotopic (exact) mass is 1930 g/mol. The Morgan fingerprint density at radius 1 is 0.460 bits per heavy atom. The van der Waals surface area contributed by atoms with E-state index in [4.69, 9.17) is 28.0 Å². The molecule has 0 saturated carbocycles. The molecule has 0 unspecified atom stereocenters. The number of amides is 17. The maximum Gasteiger partial charge on any atom is 0.305 e.